The molecule has 2 rings (SSSR count). The number of aliphatic hydroxyl groups is 5. The fourth-order valence-corrected chi connectivity index (χ4v) is 16.9. The molecule has 2 fully saturated rings. The molecule has 0 aromatic heterocycles. The molecular formula is C94H177N2O22P. The number of hydrogen-bond donors (Lipinski definition) is 9. The van der Waals surface area contributed by atoms with Crippen LogP contribution >= 0.6 is 7.82 Å². The van der Waals surface area contributed by atoms with Gasteiger partial charge in [-0.2, -0.15) is 0 Å². The lowest BCUT2D eigenvalue weighted by atomic mass is 9.95. The van der Waals surface area contributed by atoms with Gasteiger partial charge < -0.3 is 79.1 Å². The standard InChI is InChI=1S/C94H177N2O22P/c1-7-13-19-25-31-37-38-44-50-56-62-68-84(103)113-78(66-60-54-48-42-35-29-23-17-11-5)72-86(105)117-92-88(96-82(101)71-77(65-59-53-47-41-34-28-22-16-10-4)112-83(102)67-61-55-49-43-36-30-24-18-12-6)94(115-79(73-97)90(92)118-119(108,109)110)111-74-80-89(106)91(116-85(104)70-76(99)64-58-52-46-40-33-27-21-15-9-3)87(93(107)114-80)95-81(100)69-75(98)63-57-51-45-39-32-26-20-14-8-2/h75-80,87-94,97-99,106-107H,7-74H2,1-6H3,(H,95,100)(H,96,101)(H2,108,109,110)/t75-,76-,77-,78-,79?,80?,87?,88+,89-,90-,91-,92?,93?,94-/m1/s1. The van der Waals surface area contributed by atoms with Crippen molar-refractivity contribution in [2.45, 2.75) is 551 Å². The Balaban J connectivity index is 2.73. The highest BCUT2D eigenvalue weighted by molar-refractivity contribution is 7.46. The second-order valence-corrected chi connectivity index (χ2v) is 36.1. The largest absolute Gasteiger partial charge is 0.470 e. The minimum absolute atomic E-state index is 0.111. The van der Waals surface area contributed by atoms with Crippen molar-refractivity contribution in [3.8, 4) is 0 Å². The molecule has 0 radical (unpaired) electrons. The third-order valence-corrected chi connectivity index (χ3v) is 24.1. The number of amides is 2. The van der Waals surface area contributed by atoms with Crippen LogP contribution in [0.1, 0.15) is 465 Å². The summed E-state index contributed by atoms with van der Waals surface area (Å²) in [4.78, 5) is 107. The summed E-state index contributed by atoms with van der Waals surface area (Å²) in [6, 6.07) is -3.47. The molecule has 0 aromatic rings. The van der Waals surface area contributed by atoms with Crippen molar-refractivity contribution in [3.05, 3.63) is 0 Å². The first-order valence-electron chi connectivity index (χ1n) is 49.0. The lowest BCUT2D eigenvalue weighted by molar-refractivity contribution is -0.298. The Hall–Kier alpha value is -3.39. The summed E-state index contributed by atoms with van der Waals surface area (Å²) in [5.74, 6) is -4.56. The fraction of sp³-hybridized carbons (Fsp3) is 0.936. The predicted molar refractivity (Wildman–Crippen MR) is 470 cm³/mol. The molecule has 0 saturated carbocycles. The lowest BCUT2D eigenvalue weighted by Crippen LogP contribution is -2.68. The topological polar surface area (TPSA) is 359 Å². The zero-order chi connectivity index (χ0) is 87.2. The third-order valence-electron chi connectivity index (χ3n) is 23.6. The van der Waals surface area contributed by atoms with Crippen molar-refractivity contribution in [3.63, 3.8) is 0 Å². The minimum Gasteiger partial charge on any atom is -0.462 e. The van der Waals surface area contributed by atoms with E-state index in [-0.39, 0.29) is 25.7 Å². The van der Waals surface area contributed by atoms with Crippen molar-refractivity contribution in [2.24, 2.45) is 0 Å². The van der Waals surface area contributed by atoms with E-state index in [9.17, 15) is 63.9 Å². The Morgan fingerprint density at radius 1 is 0.353 bits per heavy atom. The number of carbonyl (C=O) groups is 6. The zero-order valence-electron chi connectivity index (χ0n) is 75.9. The van der Waals surface area contributed by atoms with E-state index in [0.29, 0.717) is 51.4 Å². The van der Waals surface area contributed by atoms with E-state index in [1.807, 2.05) is 0 Å². The molecule has 0 aliphatic carbocycles. The molecule has 2 heterocycles. The van der Waals surface area contributed by atoms with Gasteiger partial charge in [0.25, 0.3) is 0 Å². The Morgan fingerprint density at radius 2 is 0.664 bits per heavy atom. The van der Waals surface area contributed by atoms with Crippen molar-refractivity contribution in [2.75, 3.05) is 13.2 Å². The summed E-state index contributed by atoms with van der Waals surface area (Å²) in [7, 11) is -5.62. The molecule has 14 atom stereocenters. The predicted octanol–water partition coefficient (Wildman–Crippen LogP) is 20.5. The average Bonchev–Trinajstić information content (AvgIpc) is 0.777. The Bertz CT molecular complexity index is 2520. The van der Waals surface area contributed by atoms with Crippen molar-refractivity contribution < 1.29 is 106 Å². The summed E-state index contributed by atoms with van der Waals surface area (Å²) >= 11 is 0. The highest BCUT2D eigenvalue weighted by Gasteiger charge is 2.54. The lowest BCUT2D eigenvalue weighted by Gasteiger charge is -2.46. The van der Waals surface area contributed by atoms with Gasteiger partial charge in [0.2, 0.25) is 11.8 Å². The molecule has 25 heteroatoms. The number of hydrogen-bond acceptors (Lipinski definition) is 20. The maximum Gasteiger partial charge on any atom is 0.470 e. The summed E-state index contributed by atoms with van der Waals surface area (Å²) < 4.78 is 61.8. The fourth-order valence-electron chi connectivity index (χ4n) is 16.4. The quantitative estimate of drug-likeness (QED) is 0.0118. The van der Waals surface area contributed by atoms with Gasteiger partial charge in [0.05, 0.1) is 51.1 Å². The van der Waals surface area contributed by atoms with Crippen LogP contribution in [0.3, 0.4) is 0 Å². The molecule has 9 N–H and O–H groups in total. The Kier molecular flexibility index (Phi) is 70.2. The van der Waals surface area contributed by atoms with E-state index in [0.717, 1.165) is 205 Å². The number of nitrogens with one attached hydrogen (secondary N) is 2. The molecule has 700 valence electrons. The highest BCUT2D eigenvalue weighted by atomic mass is 31.2. The maximum absolute atomic E-state index is 15.1. The minimum atomic E-state index is -5.62. The number of unbranched alkanes of at least 4 members (excludes halogenated alkanes) is 50. The number of ether oxygens (including phenoxy) is 7. The molecular weight excluding hydrogens is 1540 g/mol. The SMILES string of the molecule is CCCCCCCCCCCCCC(=O)O[C@H](CCCCCCCCCCC)CC(=O)OC1[C@H](OP(=O)(O)O)C(CO)O[C@@H](OCC2OC(O)C(NC(=O)C[C@H](O)CCCCCCCCCCC)[C@@H](OC(=O)C[C@H](O)CCCCCCCCCCC)[C@@H]2O)[C@H]1NC(=O)C[C@@H](CCCCCCCCCCC)OC(=O)CCCCCCCCCCC. The van der Waals surface area contributed by atoms with Crippen molar-refractivity contribution >= 4 is 43.5 Å². The van der Waals surface area contributed by atoms with E-state index >= 15 is 4.79 Å². The van der Waals surface area contributed by atoms with Crippen LogP contribution in [0.15, 0.2) is 0 Å². The van der Waals surface area contributed by atoms with Gasteiger partial charge in [-0.15, -0.1) is 0 Å². The van der Waals surface area contributed by atoms with Gasteiger partial charge >= 0.3 is 31.7 Å². The van der Waals surface area contributed by atoms with Crippen LogP contribution in [-0.4, -0.2) is 170 Å². The van der Waals surface area contributed by atoms with Gasteiger partial charge in [-0.3, -0.25) is 33.3 Å². The first-order chi connectivity index (χ1) is 57.6. The van der Waals surface area contributed by atoms with Crippen LogP contribution in [0.5, 0.6) is 0 Å². The number of carbonyl (C=O) groups excluding carboxylic acids is 6. The summed E-state index contributed by atoms with van der Waals surface area (Å²) in [5.41, 5.74) is 0. The molecule has 0 bridgehead atoms. The van der Waals surface area contributed by atoms with Crippen LogP contribution in [0.2, 0.25) is 0 Å². The number of esters is 4. The molecule has 2 aliphatic heterocycles. The van der Waals surface area contributed by atoms with Crippen LogP contribution in [0, 0.1) is 0 Å². The molecule has 5 unspecified atom stereocenters. The van der Waals surface area contributed by atoms with Crippen molar-refractivity contribution in [1.29, 1.82) is 0 Å². The van der Waals surface area contributed by atoms with E-state index in [1.54, 1.807) is 0 Å². The normalized spacial score (nSPS) is 20.5. The van der Waals surface area contributed by atoms with Gasteiger partial charge in [0.1, 0.15) is 48.7 Å². The molecule has 2 aliphatic rings. The van der Waals surface area contributed by atoms with Crippen LogP contribution in [-0.2, 0) is 71.0 Å². The van der Waals surface area contributed by atoms with Crippen LogP contribution < -0.4 is 10.6 Å². The summed E-state index contributed by atoms with van der Waals surface area (Å²) in [6.45, 7) is 11.2. The molecule has 0 spiro atoms. The van der Waals surface area contributed by atoms with Gasteiger partial charge in [-0.25, -0.2) is 4.57 Å². The Labute approximate surface area is 721 Å². The van der Waals surface area contributed by atoms with Crippen molar-refractivity contribution in [1.82, 2.24) is 10.6 Å². The van der Waals surface area contributed by atoms with Gasteiger partial charge in [0.15, 0.2) is 24.8 Å². The summed E-state index contributed by atoms with van der Waals surface area (Å²) in [6.07, 6.45) is 38.1. The second-order valence-electron chi connectivity index (χ2n) is 35.0. The first-order valence-corrected chi connectivity index (χ1v) is 50.5. The smallest absolute Gasteiger partial charge is 0.462 e. The third kappa shape index (κ3) is 59.3. The Morgan fingerprint density at radius 3 is 1.03 bits per heavy atom. The zero-order valence-corrected chi connectivity index (χ0v) is 76.8. The van der Waals surface area contributed by atoms with Gasteiger partial charge in [0, 0.05) is 12.8 Å². The van der Waals surface area contributed by atoms with E-state index < -0.39 is 168 Å². The van der Waals surface area contributed by atoms with E-state index in [4.69, 9.17) is 37.7 Å². The first kappa shape index (κ1) is 112. The van der Waals surface area contributed by atoms with Crippen LogP contribution in [0.25, 0.3) is 0 Å². The monoisotopic (exact) mass is 1720 g/mol. The molecule has 2 saturated heterocycles. The number of phosphoric acid groups is 1. The number of phosphoric ester groups is 1. The molecule has 2 amide bonds. The molecule has 24 nitrogen and oxygen atoms in total. The number of aliphatic hydroxyl groups excluding tert-OH is 5. The van der Waals surface area contributed by atoms with E-state index in [1.165, 1.54) is 116 Å². The highest BCUT2D eigenvalue weighted by Crippen LogP contribution is 2.43. The van der Waals surface area contributed by atoms with E-state index in [2.05, 4.69) is 52.2 Å². The second kappa shape index (κ2) is 74.8. The summed E-state index contributed by atoms with van der Waals surface area (Å²) in [5, 5.41) is 63.2. The molecule has 0 aromatic carbocycles. The van der Waals surface area contributed by atoms with Gasteiger partial charge in [-0.1, -0.05) is 375 Å². The maximum atomic E-state index is 15.1. The van der Waals surface area contributed by atoms with Gasteiger partial charge in [-0.05, 0) is 51.4 Å². The number of rotatable bonds is 82. The van der Waals surface area contributed by atoms with Crippen LogP contribution in [0.4, 0.5) is 0 Å². The average molecular weight is 1720 g/mol. The molecule has 119 heavy (non-hydrogen) atoms.